The molecular weight excluding hydrogens is 369 g/mol. The van der Waals surface area contributed by atoms with Gasteiger partial charge in [0.1, 0.15) is 0 Å². The van der Waals surface area contributed by atoms with E-state index in [2.05, 4.69) is 0 Å². The van der Waals surface area contributed by atoms with Gasteiger partial charge in [0.25, 0.3) is 5.91 Å². The fraction of sp³-hybridized carbons (Fsp3) is 0.381. The van der Waals surface area contributed by atoms with Gasteiger partial charge in [0.15, 0.2) is 0 Å². The summed E-state index contributed by atoms with van der Waals surface area (Å²) in [4.78, 5) is 14.3. The van der Waals surface area contributed by atoms with Crippen LogP contribution in [-0.4, -0.2) is 35.6 Å². The third-order valence-electron chi connectivity index (χ3n) is 4.42. The molecule has 1 unspecified atom stereocenters. The van der Waals surface area contributed by atoms with Gasteiger partial charge in [-0.3, -0.25) is 4.79 Å². The van der Waals surface area contributed by atoms with E-state index in [1.807, 2.05) is 47.4 Å². The summed E-state index contributed by atoms with van der Waals surface area (Å²) in [6.07, 6.45) is 4.13. The Balaban J connectivity index is 0.000000254. The first-order chi connectivity index (χ1) is 12.6. The molecule has 2 aromatic carbocycles. The van der Waals surface area contributed by atoms with E-state index in [1.165, 1.54) is 6.42 Å². The number of halogens is 2. The zero-order chi connectivity index (χ0) is 18.8. The van der Waals surface area contributed by atoms with Crippen LogP contribution < -0.4 is 0 Å². The van der Waals surface area contributed by atoms with Crippen molar-refractivity contribution in [2.75, 3.05) is 19.7 Å². The van der Waals surface area contributed by atoms with Crippen LogP contribution >= 0.6 is 23.2 Å². The number of amides is 1. The van der Waals surface area contributed by atoms with Crippen molar-refractivity contribution in [1.29, 1.82) is 0 Å². The minimum atomic E-state index is 0.143. The quantitative estimate of drug-likeness (QED) is 0.764. The van der Waals surface area contributed by atoms with E-state index in [0.717, 1.165) is 37.9 Å². The fourth-order valence-electron chi connectivity index (χ4n) is 3.07. The van der Waals surface area contributed by atoms with E-state index in [0.29, 0.717) is 16.0 Å². The van der Waals surface area contributed by atoms with Gasteiger partial charge in [-0.1, -0.05) is 53.5 Å². The maximum Gasteiger partial charge on any atom is 0.253 e. The summed E-state index contributed by atoms with van der Waals surface area (Å²) >= 11 is 11.2. The number of nitrogens with zero attached hydrogens (tertiary/aromatic N) is 1. The second kappa shape index (κ2) is 11.2. The first kappa shape index (κ1) is 20.8. The Bertz CT molecular complexity index is 658. The zero-order valence-corrected chi connectivity index (χ0v) is 16.3. The summed E-state index contributed by atoms with van der Waals surface area (Å²) in [7, 11) is 0. The molecule has 1 fully saturated rings. The summed E-state index contributed by atoms with van der Waals surface area (Å²) in [5.41, 5.74) is 0.778. The summed E-state index contributed by atoms with van der Waals surface area (Å²) < 4.78 is 0. The topological polar surface area (TPSA) is 40.5 Å². The molecule has 0 bridgehead atoms. The number of benzene rings is 2. The van der Waals surface area contributed by atoms with Gasteiger partial charge in [-0.2, -0.15) is 0 Å². The van der Waals surface area contributed by atoms with Crippen molar-refractivity contribution in [3.8, 4) is 0 Å². The molecule has 140 valence electrons. The summed E-state index contributed by atoms with van der Waals surface area (Å²) in [5, 5.41) is 10.1. The van der Waals surface area contributed by atoms with E-state index in [-0.39, 0.29) is 12.5 Å². The molecule has 26 heavy (non-hydrogen) atoms. The second-order valence-electron chi connectivity index (χ2n) is 6.41. The number of rotatable bonds is 4. The number of carbonyl (C=O) groups is 1. The van der Waals surface area contributed by atoms with Crippen LogP contribution in [0.3, 0.4) is 0 Å². The Kier molecular flexibility index (Phi) is 8.96. The maximum atomic E-state index is 12.3. The van der Waals surface area contributed by atoms with E-state index in [4.69, 9.17) is 28.3 Å². The highest BCUT2D eigenvalue weighted by atomic mass is 35.5. The van der Waals surface area contributed by atoms with Crippen LogP contribution in [0.2, 0.25) is 10.0 Å². The first-order valence-corrected chi connectivity index (χ1v) is 9.72. The lowest BCUT2D eigenvalue weighted by Crippen LogP contribution is -2.39. The lowest BCUT2D eigenvalue weighted by molar-refractivity contribution is 0.0663. The Labute approximate surface area is 165 Å². The van der Waals surface area contributed by atoms with Crippen molar-refractivity contribution in [2.24, 2.45) is 5.92 Å². The number of aliphatic hydroxyl groups excluding tert-OH is 1. The zero-order valence-electron chi connectivity index (χ0n) is 14.8. The molecule has 1 heterocycles. The van der Waals surface area contributed by atoms with Crippen molar-refractivity contribution in [1.82, 2.24) is 4.90 Å². The first-order valence-electron chi connectivity index (χ1n) is 8.97. The number of carbonyl (C=O) groups excluding carboxylic acids is 1. The molecule has 1 amide bonds. The van der Waals surface area contributed by atoms with Gasteiger partial charge >= 0.3 is 0 Å². The maximum absolute atomic E-state index is 12.3. The van der Waals surface area contributed by atoms with Gasteiger partial charge in [-0.25, -0.2) is 0 Å². The largest absolute Gasteiger partial charge is 0.396 e. The minimum absolute atomic E-state index is 0.143. The van der Waals surface area contributed by atoms with Crippen LogP contribution in [0.25, 0.3) is 0 Å². The Morgan fingerprint density at radius 2 is 1.65 bits per heavy atom. The van der Waals surface area contributed by atoms with Crippen LogP contribution in [0.4, 0.5) is 0 Å². The van der Waals surface area contributed by atoms with E-state index >= 15 is 0 Å². The van der Waals surface area contributed by atoms with Gasteiger partial charge in [-0.15, -0.1) is 0 Å². The van der Waals surface area contributed by atoms with Gasteiger partial charge in [-0.05, 0) is 55.9 Å². The molecule has 1 atom stereocenters. The molecule has 5 heteroatoms. The van der Waals surface area contributed by atoms with Crippen molar-refractivity contribution in [3.63, 3.8) is 0 Å². The van der Waals surface area contributed by atoms with Gasteiger partial charge in [0, 0.05) is 25.3 Å². The van der Waals surface area contributed by atoms with Crippen LogP contribution in [0.5, 0.6) is 0 Å². The highest BCUT2D eigenvalue weighted by Gasteiger charge is 2.23. The second-order valence-corrected chi connectivity index (χ2v) is 7.22. The molecule has 0 aliphatic carbocycles. The summed E-state index contributed by atoms with van der Waals surface area (Å²) in [6, 6.07) is 16.7. The standard InChI is InChI=1S/C15H21NO2.C6H4Cl2/c17-11-5-7-13-6-4-10-16(12-13)15(18)14-8-2-1-3-9-14;7-5-3-1-2-4-6(5)8/h1-3,8-9,13,17H,4-7,10-12H2;1-4H. The third kappa shape index (κ3) is 6.64. The lowest BCUT2D eigenvalue weighted by Gasteiger charge is -2.32. The molecule has 0 radical (unpaired) electrons. The smallest absolute Gasteiger partial charge is 0.253 e. The van der Waals surface area contributed by atoms with Crippen molar-refractivity contribution >= 4 is 29.1 Å². The van der Waals surface area contributed by atoms with E-state index in [9.17, 15) is 4.79 Å². The molecule has 0 aromatic heterocycles. The Morgan fingerprint density at radius 3 is 2.23 bits per heavy atom. The van der Waals surface area contributed by atoms with E-state index < -0.39 is 0 Å². The third-order valence-corrected chi connectivity index (χ3v) is 5.18. The number of aliphatic hydroxyl groups is 1. The molecule has 3 nitrogen and oxygen atoms in total. The van der Waals surface area contributed by atoms with Crippen LogP contribution in [0, 0.1) is 5.92 Å². The SMILES string of the molecule is Clc1ccccc1Cl.O=C(c1ccccc1)N1CCCC(CCCO)C1. The minimum Gasteiger partial charge on any atom is -0.396 e. The molecule has 0 saturated carbocycles. The highest BCUT2D eigenvalue weighted by molar-refractivity contribution is 6.41. The van der Waals surface area contributed by atoms with Crippen molar-refractivity contribution < 1.29 is 9.90 Å². The molecular formula is C21H25Cl2NO2. The predicted octanol–water partition coefficient (Wildman–Crippen LogP) is 5.30. The van der Waals surface area contributed by atoms with Gasteiger partial charge in [0.05, 0.1) is 10.0 Å². The van der Waals surface area contributed by atoms with Crippen molar-refractivity contribution in [3.05, 3.63) is 70.2 Å². The van der Waals surface area contributed by atoms with Crippen molar-refractivity contribution in [2.45, 2.75) is 25.7 Å². The highest BCUT2D eigenvalue weighted by Crippen LogP contribution is 2.22. The number of hydrogen-bond donors (Lipinski definition) is 1. The fourth-order valence-corrected chi connectivity index (χ4v) is 3.34. The number of piperidine rings is 1. The summed E-state index contributed by atoms with van der Waals surface area (Å²) in [5.74, 6) is 0.697. The Hall–Kier alpha value is -1.55. The molecule has 2 aromatic rings. The average Bonchev–Trinajstić information content (AvgIpc) is 2.69. The molecule has 1 aliphatic rings. The van der Waals surface area contributed by atoms with Gasteiger partial charge < -0.3 is 10.0 Å². The average molecular weight is 394 g/mol. The van der Waals surface area contributed by atoms with E-state index in [1.54, 1.807) is 12.1 Å². The molecule has 1 N–H and O–H groups in total. The lowest BCUT2D eigenvalue weighted by atomic mass is 9.93. The van der Waals surface area contributed by atoms with Crippen LogP contribution in [-0.2, 0) is 0 Å². The Morgan fingerprint density at radius 1 is 1.04 bits per heavy atom. The molecule has 1 aliphatic heterocycles. The molecule has 1 saturated heterocycles. The molecule has 0 spiro atoms. The monoisotopic (exact) mass is 393 g/mol. The predicted molar refractivity (Wildman–Crippen MR) is 108 cm³/mol. The summed E-state index contributed by atoms with van der Waals surface area (Å²) in [6.45, 7) is 1.96. The van der Waals surface area contributed by atoms with Gasteiger partial charge in [0.2, 0.25) is 0 Å². The van der Waals surface area contributed by atoms with Crippen LogP contribution in [0.1, 0.15) is 36.0 Å². The molecule has 3 rings (SSSR count). The normalized spacial score (nSPS) is 16.6. The number of likely N-dealkylation sites (tertiary alicyclic amines) is 1. The van der Waals surface area contributed by atoms with Crippen LogP contribution in [0.15, 0.2) is 54.6 Å². The number of hydrogen-bond acceptors (Lipinski definition) is 2.